The highest BCUT2D eigenvalue weighted by molar-refractivity contribution is 5.94. The number of nitrogens with zero attached hydrogens (tertiary/aromatic N) is 2. The average molecular weight is 422 g/mol. The maximum atomic E-state index is 11.5. The molecule has 2 aromatic carbocycles. The van der Waals surface area contributed by atoms with Gasteiger partial charge in [-0.05, 0) is 55.7 Å². The van der Waals surface area contributed by atoms with Gasteiger partial charge in [0.25, 0.3) is 0 Å². The van der Waals surface area contributed by atoms with E-state index in [1.165, 1.54) is 5.69 Å². The molecule has 0 saturated carbocycles. The lowest BCUT2D eigenvalue weighted by atomic mass is 10.0. The maximum Gasteiger partial charge on any atom is 0.224 e. The van der Waals surface area contributed by atoms with Gasteiger partial charge in [0.2, 0.25) is 5.91 Å². The fourth-order valence-electron chi connectivity index (χ4n) is 4.04. The van der Waals surface area contributed by atoms with Crippen molar-refractivity contribution in [3.05, 3.63) is 54.1 Å². The Kier molecular flexibility index (Phi) is 6.92. The van der Waals surface area contributed by atoms with Crippen molar-refractivity contribution >= 4 is 23.2 Å². The quantitative estimate of drug-likeness (QED) is 0.364. The Balaban J connectivity index is 1.26. The van der Waals surface area contributed by atoms with Crippen LogP contribution in [0.15, 0.2) is 53.5 Å². The first-order valence-corrected chi connectivity index (χ1v) is 11.1. The zero-order valence-corrected chi connectivity index (χ0v) is 18.1. The Morgan fingerprint density at radius 1 is 1.23 bits per heavy atom. The second kappa shape index (κ2) is 10.2. The number of nitrogens with one attached hydrogen (secondary N) is 3. The summed E-state index contributed by atoms with van der Waals surface area (Å²) < 4.78 is 5.89. The van der Waals surface area contributed by atoms with Crippen molar-refractivity contribution in [3.8, 4) is 5.75 Å². The number of anilines is 2. The van der Waals surface area contributed by atoms with Gasteiger partial charge in [-0.15, -0.1) is 0 Å². The molecule has 7 heteroatoms. The third-order valence-electron chi connectivity index (χ3n) is 5.60. The van der Waals surface area contributed by atoms with E-state index in [2.05, 4.69) is 63.1 Å². The first-order chi connectivity index (χ1) is 15.2. The summed E-state index contributed by atoms with van der Waals surface area (Å²) in [5.74, 6) is 1.73. The van der Waals surface area contributed by atoms with Crippen molar-refractivity contribution in [2.24, 2.45) is 4.99 Å². The Morgan fingerprint density at radius 2 is 2.10 bits per heavy atom. The number of para-hydroxylation sites is 1. The molecule has 7 nitrogen and oxygen atoms in total. The van der Waals surface area contributed by atoms with E-state index in [0.717, 1.165) is 55.4 Å². The van der Waals surface area contributed by atoms with Gasteiger partial charge in [-0.3, -0.25) is 4.79 Å². The van der Waals surface area contributed by atoms with Crippen molar-refractivity contribution in [2.75, 3.05) is 43.0 Å². The summed E-state index contributed by atoms with van der Waals surface area (Å²) in [6.45, 7) is 5.98. The fourth-order valence-corrected chi connectivity index (χ4v) is 4.04. The summed E-state index contributed by atoms with van der Waals surface area (Å²) in [5, 5.41) is 9.79. The Morgan fingerprint density at radius 3 is 2.94 bits per heavy atom. The molecule has 2 aliphatic rings. The third-order valence-corrected chi connectivity index (χ3v) is 5.60. The predicted molar refractivity (Wildman–Crippen MR) is 125 cm³/mol. The van der Waals surface area contributed by atoms with Crippen molar-refractivity contribution < 1.29 is 9.53 Å². The number of aliphatic imine (C=N–C) groups is 1. The molecule has 1 atom stereocenters. The van der Waals surface area contributed by atoms with Crippen LogP contribution in [0.3, 0.4) is 0 Å². The number of hydrogen-bond donors (Lipinski definition) is 3. The summed E-state index contributed by atoms with van der Waals surface area (Å²) in [6, 6.07) is 16.7. The van der Waals surface area contributed by atoms with Crippen molar-refractivity contribution in [3.63, 3.8) is 0 Å². The van der Waals surface area contributed by atoms with E-state index in [-0.39, 0.29) is 5.91 Å². The summed E-state index contributed by atoms with van der Waals surface area (Å²) in [5.41, 5.74) is 3.29. The van der Waals surface area contributed by atoms with Gasteiger partial charge in [0.15, 0.2) is 5.96 Å². The average Bonchev–Trinajstić information content (AvgIpc) is 3.26. The molecule has 0 spiro atoms. The number of benzene rings is 2. The van der Waals surface area contributed by atoms with Crippen LogP contribution in [0.5, 0.6) is 5.75 Å². The smallest absolute Gasteiger partial charge is 0.224 e. The number of carbonyl (C=O) groups is 1. The van der Waals surface area contributed by atoms with Crippen LogP contribution in [0.2, 0.25) is 0 Å². The second-order valence-corrected chi connectivity index (χ2v) is 7.89. The highest BCUT2D eigenvalue weighted by atomic mass is 16.5. The zero-order chi connectivity index (χ0) is 21.5. The number of amides is 1. The minimum atomic E-state index is 0.0770. The molecule has 4 rings (SSSR count). The molecule has 1 fully saturated rings. The van der Waals surface area contributed by atoms with Gasteiger partial charge >= 0.3 is 0 Å². The molecule has 1 amide bonds. The van der Waals surface area contributed by atoms with Crippen LogP contribution in [0, 0.1) is 0 Å². The molecule has 0 aromatic heterocycles. The molecule has 2 heterocycles. The van der Waals surface area contributed by atoms with E-state index in [0.29, 0.717) is 25.6 Å². The number of hydrogen-bond acceptors (Lipinski definition) is 4. The molecule has 2 aliphatic heterocycles. The number of aryl methyl sites for hydroxylation is 1. The van der Waals surface area contributed by atoms with E-state index >= 15 is 0 Å². The van der Waals surface area contributed by atoms with Crippen LogP contribution >= 0.6 is 0 Å². The van der Waals surface area contributed by atoms with Crippen molar-refractivity contribution in [1.29, 1.82) is 0 Å². The molecule has 3 N–H and O–H groups in total. The lowest BCUT2D eigenvalue weighted by Gasteiger charge is -2.20. The number of ether oxygens (including phenoxy) is 1. The molecular weight excluding hydrogens is 390 g/mol. The van der Waals surface area contributed by atoms with Gasteiger partial charge in [0.05, 0.1) is 6.54 Å². The van der Waals surface area contributed by atoms with E-state index in [9.17, 15) is 4.79 Å². The number of rotatable bonds is 7. The predicted octanol–water partition coefficient (Wildman–Crippen LogP) is 2.78. The van der Waals surface area contributed by atoms with Crippen molar-refractivity contribution in [1.82, 2.24) is 10.6 Å². The van der Waals surface area contributed by atoms with Gasteiger partial charge < -0.3 is 25.6 Å². The second-order valence-electron chi connectivity index (χ2n) is 7.89. The Labute approximate surface area is 183 Å². The lowest BCUT2D eigenvalue weighted by molar-refractivity contribution is -0.116. The molecule has 1 saturated heterocycles. The van der Waals surface area contributed by atoms with Gasteiger partial charge in [-0.1, -0.05) is 18.2 Å². The maximum absolute atomic E-state index is 11.5. The van der Waals surface area contributed by atoms with Crippen LogP contribution in [0.25, 0.3) is 0 Å². The van der Waals surface area contributed by atoms with Crippen LogP contribution < -0.4 is 25.6 Å². The fraction of sp³-hybridized carbons (Fsp3) is 0.417. The molecule has 31 heavy (non-hydrogen) atoms. The van der Waals surface area contributed by atoms with E-state index < -0.39 is 0 Å². The van der Waals surface area contributed by atoms with Crippen LogP contribution in [-0.2, 0) is 11.2 Å². The summed E-state index contributed by atoms with van der Waals surface area (Å²) in [6.07, 6.45) is 2.37. The normalized spacial score (nSPS) is 18.4. The zero-order valence-electron chi connectivity index (χ0n) is 18.1. The van der Waals surface area contributed by atoms with E-state index in [1.54, 1.807) is 0 Å². The number of carbonyl (C=O) groups excluding carboxylic acids is 1. The minimum absolute atomic E-state index is 0.0770. The van der Waals surface area contributed by atoms with Crippen LogP contribution in [0.4, 0.5) is 11.4 Å². The molecule has 0 aliphatic carbocycles. The Bertz CT molecular complexity index is 915. The monoisotopic (exact) mass is 421 g/mol. The van der Waals surface area contributed by atoms with Gasteiger partial charge in [-0.2, -0.15) is 0 Å². The van der Waals surface area contributed by atoms with Gasteiger partial charge in [0, 0.05) is 43.5 Å². The topological polar surface area (TPSA) is 78.0 Å². The highest BCUT2D eigenvalue weighted by Gasteiger charge is 2.23. The minimum Gasteiger partial charge on any atom is -0.492 e. The van der Waals surface area contributed by atoms with Gasteiger partial charge in [-0.25, -0.2) is 4.99 Å². The summed E-state index contributed by atoms with van der Waals surface area (Å²) >= 11 is 0. The summed E-state index contributed by atoms with van der Waals surface area (Å²) in [7, 11) is 0. The standard InChI is InChI=1S/C24H31N5O2/c1-2-25-24(27-19-12-14-29(17-19)20-6-4-3-5-7-20)26-13-15-31-21-9-10-22-18(16-21)8-11-23(30)28-22/h3-7,9-10,16,19H,2,8,11-15,17H2,1H3,(H,28,30)(H2,25,26,27). The Hall–Kier alpha value is -3.22. The SMILES string of the molecule is CCNC(=NCCOc1ccc2c(c1)CCC(=O)N2)NC1CCN(c2ccccc2)C1. The molecular formula is C24H31N5O2. The third kappa shape index (κ3) is 5.69. The highest BCUT2D eigenvalue weighted by Crippen LogP contribution is 2.26. The van der Waals surface area contributed by atoms with Crippen LogP contribution in [-0.4, -0.2) is 50.7 Å². The van der Waals surface area contributed by atoms with E-state index in [1.807, 2.05) is 18.2 Å². The lowest BCUT2D eigenvalue weighted by Crippen LogP contribution is -2.44. The molecule has 1 unspecified atom stereocenters. The first kappa shape index (κ1) is 21.0. The molecule has 164 valence electrons. The summed E-state index contributed by atoms with van der Waals surface area (Å²) in [4.78, 5) is 18.6. The molecule has 0 bridgehead atoms. The van der Waals surface area contributed by atoms with E-state index in [4.69, 9.17) is 4.74 Å². The molecule has 0 radical (unpaired) electrons. The largest absolute Gasteiger partial charge is 0.492 e. The number of guanidine groups is 1. The van der Waals surface area contributed by atoms with Gasteiger partial charge in [0.1, 0.15) is 12.4 Å². The first-order valence-electron chi connectivity index (χ1n) is 11.1. The molecule has 2 aromatic rings. The number of fused-ring (bicyclic) bond motifs is 1. The van der Waals surface area contributed by atoms with Crippen LogP contribution in [0.1, 0.15) is 25.3 Å². The van der Waals surface area contributed by atoms with Crippen molar-refractivity contribution in [2.45, 2.75) is 32.2 Å².